The summed E-state index contributed by atoms with van der Waals surface area (Å²) in [5.74, 6) is 0.0764. The number of guanidine groups is 1. The minimum absolute atomic E-state index is 0.0764. The summed E-state index contributed by atoms with van der Waals surface area (Å²) in [6, 6.07) is 0. The highest BCUT2D eigenvalue weighted by molar-refractivity contribution is 6.66. The molecule has 0 atom stereocenters. The van der Waals surface area contributed by atoms with Crippen molar-refractivity contribution in [2.45, 2.75) is 6.82 Å². The van der Waals surface area contributed by atoms with Crippen molar-refractivity contribution in [3.8, 4) is 0 Å². The average Bonchev–Trinajstić information content (AvgIpc) is 2.02. The van der Waals surface area contributed by atoms with E-state index in [-0.39, 0.29) is 5.96 Å². The van der Waals surface area contributed by atoms with Crippen molar-refractivity contribution < 1.29 is 9.82 Å². The Balaban J connectivity index is 4.25. The van der Waals surface area contributed by atoms with Gasteiger partial charge in [0.05, 0.1) is 0 Å². The molecule has 0 fully saturated rings. The molecule has 13 heavy (non-hydrogen) atoms. The Kier molecular flexibility index (Phi) is 5.99. The van der Waals surface area contributed by atoms with Gasteiger partial charge in [0, 0.05) is 13.1 Å². The standard InChI is InChI=1S/C5H13B2N4O2/c1-7(13)10-5(9)11(3-2-8)6-4-12/h4,13H,2-3,8H2,1H3,(H2,9,10). The molecule has 1 radical (unpaired) electrons. The van der Waals surface area contributed by atoms with Gasteiger partial charge in [-0.3, -0.25) is 4.90 Å². The number of nitrogens with two attached hydrogens (primary N) is 2. The third-order valence-corrected chi connectivity index (χ3v) is 1.22. The van der Waals surface area contributed by atoms with Crippen LogP contribution in [0.1, 0.15) is 0 Å². The first-order chi connectivity index (χ1) is 6.11. The second-order valence-electron chi connectivity index (χ2n) is 2.39. The van der Waals surface area contributed by atoms with E-state index in [4.69, 9.17) is 16.5 Å². The Morgan fingerprint density at radius 1 is 1.85 bits per heavy atom. The molecule has 0 aliphatic rings. The molecule has 0 amide bonds. The van der Waals surface area contributed by atoms with Crippen LogP contribution in [0.25, 0.3) is 0 Å². The van der Waals surface area contributed by atoms with Gasteiger partial charge in [-0.25, -0.2) is 0 Å². The molecule has 0 bridgehead atoms. The Morgan fingerprint density at radius 3 is 2.85 bits per heavy atom. The van der Waals surface area contributed by atoms with Gasteiger partial charge in [-0.15, -0.1) is 0 Å². The summed E-state index contributed by atoms with van der Waals surface area (Å²) in [7, 11) is 0.328. The Labute approximate surface area is 78.4 Å². The highest BCUT2D eigenvalue weighted by Gasteiger charge is 2.09. The molecule has 6 nitrogen and oxygen atoms in total. The molecule has 0 aromatic carbocycles. The van der Waals surface area contributed by atoms with Crippen LogP contribution in [0.3, 0.4) is 0 Å². The molecule has 0 aliphatic heterocycles. The highest BCUT2D eigenvalue weighted by Crippen LogP contribution is 1.85. The van der Waals surface area contributed by atoms with Gasteiger partial charge in [0.1, 0.15) is 6.19 Å². The van der Waals surface area contributed by atoms with Gasteiger partial charge in [-0.05, 0) is 6.82 Å². The lowest BCUT2D eigenvalue weighted by Crippen LogP contribution is -2.44. The minimum atomic E-state index is -0.889. The lowest BCUT2D eigenvalue weighted by atomic mass is 9.90. The van der Waals surface area contributed by atoms with E-state index in [1.165, 1.54) is 19.0 Å². The minimum Gasteiger partial charge on any atom is -0.431 e. The Hall–Kier alpha value is -1.01. The number of rotatable bonds is 5. The lowest BCUT2D eigenvalue weighted by Gasteiger charge is -2.19. The summed E-state index contributed by atoms with van der Waals surface area (Å²) in [5, 5.41) is 8.88. The van der Waals surface area contributed by atoms with Crippen LogP contribution in [0.15, 0.2) is 4.90 Å². The van der Waals surface area contributed by atoms with E-state index in [9.17, 15) is 4.79 Å². The van der Waals surface area contributed by atoms with Gasteiger partial charge in [0.2, 0.25) is 0 Å². The largest absolute Gasteiger partial charge is 0.431 e. The van der Waals surface area contributed by atoms with Crippen LogP contribution in [0.2, 0.25) is 6.82 Å². The zero-order chi connectivity index (χ0) is 10.3. The summed E-state index contributed by atoms with van der Waals surface area (Å²) >= 11 is 0. The maximum Gasteiger partial charge on any atom is 0.431 e. The summed E-state index contributed by atoms with van der Waals surface area (Å²) in [5.41, 5.74) is 10.7. The number of carbonyl (C=O) groups is 1. The van der Waals surface area contributed by atoms with Crippen LogP contribution in [-0.2, 0) is 4.79 Å². The van der Waals surface area contributed by atoms with Crippen molar-refractivity contribution in [3.05, 3.63) is 0 Å². The van der Waals surface area contributed by atoms with E-state index in [1.54, 1.807) is 0 Å². The van der Waals surface area contributed by atoms with Crippen molar-refractivity contribution >= 4 is 26.6 Å². The fourth-order valence-corrected chi connectivity index (χ4v) is 0.744. The molecule has 0 rings (SSSR count). The van der Waals surface area contributed by atoms with Crippen LogP contribution in [0.5, 0.6) is 0 Å². The zero-order valence-corrected chi connectivity index (χ0v) is 7.55. The number of hydrogen-bond acceptors (Lipinski definition) is 4. The monoisotopic (exact) mass is 183 g/mol. The second kappa shape index (κ2) is 6.50. The maximum atomic E-state index is 10.2. The quantitative estimate of drug-likeness (QED) is 0.189. The molecular weight excluding hydrogens is 170 g/mol. The first-order valence-electron chi connectivity index (χ1n) is 3.88. The topological polar surface area (TPSA) is 105 Å². The SMILES string of the molecule is CB(O)/N=C(\N)N([B]C=O)CCN. The fourth-order valence-electron chi connectivity index (χ4n) is 0.744. The molecule has 8 heteroatoms. The van der Waals surface area contributed by atoms with Crippen molar-refractivity contribution in [1.82, 2.24) is 4.81 Å². The van der Waals surface area contributed by atoms with Crippen molar-refractivity contribution in [2.75, 3.05) is 13.1 Å². The maximum absolute atomic E-state index is 10.2. The van der Waals surface area contributed by atoms with Crippen LogP contribution < -0.4 is 11.5 Å². The molecule has 0 aromatic rings. The number of nitrogens with zero attached hydrogens (tertiary/aromatic N) is 2. The molecule has 0 unspecified atom stereocenters. The van der Waals surface area contributed by atoms with Crippen LogP contribution in [-0.4, -0.2) is 49.5 Å². The second-order valence-corrected chi connectivity index (χ2v) is 2.39. The molecule has 0 saturated heterocycles. The Morgan fingerprint density at radius 2 is 2.46 bits per heavy atom. The highest BCUT2D eigenvalue weighted by atomic mass is 16.2. The molecular formula is C5H13B2N4O2. The first kappa shape index (κ1) is 12.0. The molecule has 0 aromatic heterocycles. The average molecular weight is 183 g/mol. The summed E-state index contributed by atoms with van der Waals surface area (Å²) in [4.78, 5) is 15.2. The van der Waals surface area contributed by atoms with Gasteiger partial charge in [-0.2, -0.15) is 0 Å². The lowest BCUT2D eigenvalue weighted by molar-refractivity contribution is 0.561. The van der Waals surface area contributed by atoms with E-state index in [0.717, 1.165) is 0 Å². The van der Waals surface area contributed by atoms with Gasteiger partial charge in [-0.1, -0.05) is 0 Å². The molecule has 71 valence electrons. The van der Waals surface area contributed by atoms with Crippen molar-refractivity contribution in [3.63, 3.8) is 0 Å². The van der Waals surface area contributed by atoms with Gasteiger partial charge in [0.15, 0.2) is 5.96 Å². The van der Waals surface area contributed by atoms with E-state index in [0.29, 0.717) is 19.3 Å². The van der Waals surface area contributed by atoms with E-state index in [1.807, 2.05) is 0 Å². The molecule has 0 heterocycles. The van der Waals surface area contributed by atoms with Crippen LogP contribution >= 0.6 is 0 Å². The van der Waals surface area contributed by atoms with Crippen LogP contribution in [0.4, 0.5) is 0 Å². The van der Waals surface area contributed by atoms with Gasteiger partial charge >= 0.3 is 14.5 Å². The Bertz CT molecular complexity index is 187. The molecule has 5 N–H and O–H groups in total. The zero-order valence-electron chi connectivity index (χ0n) is 7.55. The first-order valence-corrected chi connectivity index (χ1v) is 3.88. The molecule has 0 aliphatic carbocycles. The van der Waals surface area contributed by atoms with E-state index in [2.05, 4.69) is 4.90 Å². The van der Waals surface area contributed by atoms with Crippen molar-refractivity contribution in [2.24, 2.45) is 16.4 Å². The van der Waals surface area contributed by atoms with Gasteiger partial charge in [0.25, 0.3) is 0 Å². The number of hydrogen-bond donors (Lipinski definition) is 3. The summed E-state index contributed by atoms with van der Waals surface area (Å²) in [6.07, 6.45) is 0.583. The smallest absolute Gasteiger partial charge is 0.431 e. The molecule has 0 spiro atoms. The van der Waals surface area contributed by atoms with Crippen molar-refractivity contribution in [1.29, 1.82) is 0 Å². The number of carbonyl (C=O) groups excluding carboxylic acids is 1. The van der Waals surface area contributed by atoms with Crippen LogP contribution in [0, 0.1) is 0 Å². The summed E-state index contributed by atoms with van der Waals surface area (Å²) < 4.78 is 0. The molecule has 0 saturated carbocycles. The normalized spacial score (nSPS) is 10.8. The van der Waals surface area contributed by atoms with Gasteiger partial charge < -0.3 is 26.1 Å². The third-order valence-electron chi connectivity index (χ3n) is 1.22. The predicted molar refractivity (Wildman–Crippen MR) is 53.7 cm³/mol. The predicted octanol–water partition coefficient (Wildman–Crippen LogP) is -2.52. The fraction of sp³-hybridized carbons (Fsp3) is 0.600. The van der Waals surface area contributed by atoms with E-state index < -0.39 is 7.05 Å². The van der Waals surface area contributed by atoms with E-state index >= 15 is 0 Å². The third kappa shape index (κ3) is 5.26. The summed E-state index contributed by atoms with van der Waals surface area (Å²) in [6.45, 7) is 2.20.